The zero-order chi connectivity index (χ0) is 26.3. The highest BCUT2D eigenvalue weighted by atomic mass is 19.4. The molecule has 0 atom stereocenters. The molecule has 20 heteroatoms. The quantitative estimate of drug-likeness (QED) is 0.470. The Hall–Kier alpha value is -1.76. The van der Waals surface area contributed by atoms with Crippen LogP contribution >= 0.6 is 0 Å². The lowest BCUT2D eigenvalue weighted by atomic mass is 9.89. The average molecular weight is 510 g/mol. The van der Waals surface area contributed by atoms with Gasteiger partial charge >= 0.3 is 53.6 Å². The second-order valence-electron chi connectivity index (χ2n) is 5.14. The first-order valence-electron chi connectivity index (χ1n) is 6.66. The minimum Gasteiger partial charge on any atom is -0.477 e. The molecule has 0 bridgehead atoms. The molecule has 3 nitrogen and oxygen atoms in total. The fourth-order valence-corrected chi connectivity index (χ4v) is 1.30. The molecule has 0 aromatic carbocycles. The topological polar surface area (TPSA) is 57.5 Å². The zero-order valence-electron chi connectivity index (χ0n) is 13.9. The van der Waals surface area contributed by atoms with E-state index >= 15 is 0 Å². The van der Waals surface area contributed by atoms with Crippen LogP contribution in [0, 0.1) is 0 Å². The highest BCUT2D eigenvalue weighted by molar-refractivity contribution is 5.77. The number of aliphatic hydroxyl groups is 1. The summed E-state index contributed by atoms with van der Waals surface area (Å²) in [5.41, 5.74) is 0. The lowest BCUT2D eigenvalue weighted by Crippen LogP contribution is -2.75. The van der Waals surface area contributed by atoms with Gasteiger partial charge in [0.1, 0.15) is 0 Å². The van der Waals surface area contributed by atoms with Crippen molar-refractivity contribution in [2.75, 3.05) is 6.61 Å². The van der Waals surface area contributed by atoms with Crippen LogP contribution in [0.3, 0.4) is 0 Å². The van der Waals surface area contributed by atoms with Crippen LogP contribution < -0.4 is 0 Å². The van der Waals surface area contributed by atoms with Crippen molar-refractivity contribution in [3.05, 3.63) is 0 Å². The van der Waals surface area contributed by atoms with Crippen molar-refractivity contribution < 1.29 is 89.6 Å². The number of hydrogen-bond donors (Lipinski definition) is 2. The van der Waals surface area contributed by atoms with Gasteiger partial charge in [0.25, 0.3) is 0 Å². The maximum atomic E-state index is 13.0. The first-order chi connectivity index (χ1) is 13.1. The van der Waals surface area contributed by atoms with Crippen molar-refractivity contribution in [2.24, 2.45) is 0 Å². The maximum absolute atomic E-state index is 13.0. The van der Waals surface area contributed by atoms with E-state index in [0.29, 0.717) is 0 Å². The van der Waals surface area contributed by atoms with Gasteiger partial charge in [-0.05, 0) is 6.92 Å². The van der Waals surface area contributed by atoms with Gasteiger partial charge in [0.2, 0.25) is 0 Å². The predicted octanol–water partition coefficient (Wildman–Crippen LogP) is 5.08. The number of alkyl halides is 17. The van der Waals surface area contributed by atoms with E-state index in [1.54, 1.807) is 6.92 Å². The van der Waals surface area contributed by atoms with Crippen molar-refractivity contribution in [1.82, 2.24) is 0 Å². The van der Waals surface area contributed by atoms with Gasteiger partial charge in [-0.3, -0.25) is 0 Å². The van der Waals surface area contributed by atoms with Crippen LogP contribution in [0.5, 0.6) is 0 Å². The fourth-order valence-electron chi connectivity index (χ4n) is 1.30. The molecular weight excluding hydrogens is 503 g/mol. The molecule has 0 spiro atoms. The Balaban J connectivity index is 0. The minimum absolute atomic E-state index is 0.250. The number of rotatable bonds is 7. The molecule has 0 fully saturated rings. The highest BCUT2D eigenvalue weighted by Gasteiger charge is 2.95. The van der Waals surface area contributed by atoms with Gasteiger partial charge in [0.05, 0.1) is 0 Å². The molecule has 0 rings (SSSR count). The SMILES string of the molecule is CCO.O=C(O)C(F)(F)C(F)(F)C(F)(F)C(F)(F)C(F)(F)C(F)(F)C(F)(F)C(F)(F)F. The van der Waals surface area contributed by atoms with E-state index in [4.69, 9.17) is 10.2 Å². The first kappa shape index (κ1) is 31.4. The monoisotopic (exact) mass is 510 g/mol. The highest BCUT2D eigenvalue weighted by Crippen LogP contribution is 2.63. The predicted molar refractivity (Wildman–Crippen MR) is 61.1 cm³/mol. The summed E-state index contributed by atoms with van der Waals surface area (Å²) in [6, 6.07) is 0. The van der Waals surface area contributed by atoms with Crippen molar-refractivity contribution in [3.8, 4) is 0 Å². The Morgan fingerprint density at radius 3 is 0.935 bits per heavy atom. The normalized spacial score (nSPS) is 15.3. The summed E-state index contributed by atoms with van der Waals surface area (Å²) < 4.78 is 214. The largest absolute Gasteiger partial charge is 0.477 e. The number of aliphatic hydroxyl groups excluding tert-OH is 1. The molecule has 0 saturated heterocycles. The molecule has 0 aromatic heterocycles. The number of halogens is 17. The minimum atomic E-state index is -8.76. The van der Waals surface area contributed by atoms with E-state index < -0.39 is 53.6 Å². The maximum Gasteiger partial charge on any atom is 0.460 e. The molecule has 0 aliphatic heterocycles. The Bertz CT molecular complexity index is 636. The van der Waals surface area contributed by atoms with E-state index in [1.165, 1.54) is 0 Å². The van der Waals surface area contributed by atoms with E-state index in [0.717, 1.165) is 0 Å². The Labute approximate surface area is 158 Å². The van der Waals surface area contributed by atoms with E-state index in [2.05, 4.69) is 0 Å². The van der Waals surface area contributed by atoms with Crippen LogP contribution in [0.4, 0.5) is 74.6 Å². The van der Waals surface area contributed by atoms with Crippen LogP contribution in [0.1, 0.15) is 6.92 Å². The summed E-state index contributed by atoms with van der Waals surface area (Å²) in [6.07, 6.45) is -7.83. The summed E-state index contributed by atoms with van der Waals surface area (Å²) in [5, 5.41) is 15.2. The average Bonchev–Trinajstić information content (AvgIpc) is 2.53. The fraction of sp³-hybridized carbons (Fsp3) is 0.909. The third kappa shape index (κ3) is 4.30. The number of carboxylic acid groups (broad SMARTS) is 1. The lowest BCUT2D eigenvalue weighted by molar-refractivity contribution is -0.459. The molecular formula is C11H7F17O3. The van der Waals surface area contributed by atoms with Crippen molar-refractivity contribution in [2.45, 2.75) is 54.6 Å². The molecule has 0 saturated carbocycles. The number of carboxylic acids is 1. The van der Waals surface area contributed by atoms with Crippen molar-refractivity contribution in [3.63, 3.8) is 0 Å². The third-order valence-electron chi connectivity index (χ3n) is 2.99. The summed E-state index contributed by atoms with van der Waals surface area (Å²) in [7, 11) is 0. The second-order valence-corrected chi connectivity index (χ2v) is 5.14. The van der Waals surface area contributed by atoms with Gasteiger partial charge in [-0.15, -0.1) is 0 Å². The molecule has 0 aliphatic rings. The molecule has 0 heterocycles. The molecule has 0 radical (unpaired) electrons. The smallest absolute Gasteiger partial charge is 0.460 e. The third-order valence-corrected chi connectivity index (χ3v) is 2.99. The number of aliphatic carboxylic acids is 1. The van der Waals surface area contributed by atoms with Crippen LogP contribution in [-0.4, -0.2) is 70.4 Å². The van der Waals surface area contributed by atoms with Crippen LogP contribution in [0.25, 0.3) is 0 Å². The van der Waals surface area contributed by atoms with Crippen LogP contribution in [-0.2, 0) is 4.79 Å². The van der Waals surface area contributed by atoms with Gasteiger partial charge in [-0.1, -0.05) is 0 Å². The van der Waals surface area contributed by atoms with Crippen molar-refractivity contribution in [1.29, 1.82) is 0 Å². The van der Waals surface area contributed by atoms with E-state index in [9.17, 15) is 79.4 Å². The summed E-state index contributed by atoms with van der Waals surface area (Å²) in [6.45, 7) is 1.93. The Kier molecular flexibility index (Phi) is 8.42. The van der Waals surface area contributed by atoms with Gasteiger partial charge < -0.3 is 10.2 Å². The molecule has 0 aromatic rings. The molecule has 188 valence electrons. The zero-order valence-corrected chi connectivity index (χ0v) is 13.9. The van der Waals surface area contributed by atoms with Gasteiger partial charge in [-0.25, -0.2) is 4.79 Å². The molecule has 2 N–H and O–H groups in total. The molecule has 0 amide bonds. The van der Waals surface area contributed by atoms with Gasteiger partial charge in [0, 0.05) is 6.61 Å². The second kappa shape index (κ2) is 8.30. The van der Waals surface area contributed by atoms with E-state index in [-0.39, 0.29) is 6.61 Å². The standard InChI is InChI=1S/C9HF17O2.C2H6O/c10-2(11,1(27)28)3(12,13)4(14,15)5(16,17)6(18,19)7(20,21)8(22,23)9(24,25)26;1-2-3/h(H,27,28);3H,2H2,1H3. The van der Waals surface area contributed by atoms with Crippen LogP contribution in [0.2, 0.25) is 0 Å². The number of hydrogen-bond acceptors (Lipinski definition) is 2. The van der Waals surface area contributed by atoms with Crippen LogP contribution in [0.15, 0.2) is 0 Å². The summed E-state index contributed by atoms with van der Waals surface area (Å²) >= 11 is 0. The first-order valence-corrected chi connectivity index (χ1v) is 6.66. The Morgan fingerprint density at radius 1 is 0.548 bits per heavy atom. The number of carbonyl (C=O) groups is 1. The summed E-state index contributed by atoms with van der Waals surface area (Å²) in [4.78, 5) is 9.77. The molecule has 0 unspecified atom stereocenters. The Morgan fingerprint density at radius 2 is 0.742 bits per heavy atom. The molecule has 0 aliphatic carbocycles. The van der Waals surface area contributed by atoms with Gasteiger partial charge in [-0.2, -0.15) is 74.6 Å². The lowest BCUT2D eigenvalue weighted by Gasteiger charge is -2.42. The van der Waals surface area contributed by atoms with Gasteiger partial charge in [0.15, 0.2) is 0 Å². The van der Waals surface area contributed by atoms with E-state index in [1.807, 2.05) is 0 Å². The summed E-state index contributed by atoms with van der Waals surface area (Å²) in [5.74, 6) is -62.9. The van der Waals surface area contributed by atoms with Crippen molar-refractivity contribution >= 4 is 5.97 Å². The molecule has 31 heavy (non-hydrogen) atoms.